The molecule has 23 heavy (non-hydrogen) atoms. The van der Waals surface area contributed by atoms with E-state index in [-0.39, 0.29) is 0 Å². The first-order chi connectivity index (χ1) is 11.2. The summed E-state index contributed by atoms with van der Waals surface area (Å²) in [6, 6.07) is 19.2. The molecule has 2 aromatic carbocycles. The molecular weight excluding hydrogens is 282 g/mol. The molecule has 0 aliphatic rings. The summed E-state index contributed by atoms with van der Waals surface area (Å²) in [5.74, 6) is 0. The molecule has 0 saturated carbocycles. The summed E-state index contributed by atoms with van der Waals surface area (Å²) >= 11 is 0. The monoisotopic (exact) mass is 311 g/mol. The molecule has 0 bridgehead atoms. The molecule has 0 unspecified atom stereocenters. The molecule has 0 saturated heterocycles. The Bertz CT molecular complexity index is 696. The second kappa shape index (κ2) is 9.70. The van der Waals surface area contributed by atoms with Crippen molar-refractivity contribution in [1.82, 2.24) is 9.88 Å². The van der Waals surface area contributed by atoms with Gasteiger partial charge in [-0.3, -0.25) is 0 Å². The van der Waals surface area contributed by atoms with Crippen molar-refractivity contribution < 1.29 is 0 Å². The van der Waals surface area contributed by atoms with Gasteiger partial charge in [-0.15, -0.1) is 0 Å². The Morgan fingerprint density at radius 3 is 1.96 bits per heavy atom. The number of nitrogens with zero attached hydrogens (tertiary/aromatic N) is 1. The first-order valence-corrected chi connectivity index (χ1v) is 8.15. The summed E-state index contributed by atoms with van der Waals surface area (Å²) in [7, 11) is 5.69. The second-order valence-corrected chi connectivity index (χ2v) is 4.98. The van der Waals surface area contributed by atoms with E-state index in [1.165, 1.54) is 22.3 Å². The molecule has 0 aliphatic heterocycles. The van der Waals surface area contributed by atoms with Crippen molar-refractivity contribution in [3.63, 3.8) is 0 Å². The van der Waals surface area contributed by atoms with Gasteiger partial charge in [0.15, 0.2) is 0 Å². The minimum Gasteiger partial charge on any atom is -0.388 e. The molecule has 0 radical (unpaired) electrons. The average molecular weight is 311 g/mol. The lowest BCUT2D eigenvalue weighted by Crippen LogP contribution is -1.96. The number of hydrogen-bond donors (Lipinski definition) is 2. The Morgan fingerprint density at radius 2 is 1.39 bits per heavy atom. The molecule has 0 spiro atoms. The Morgan fingerprint density at radius 1 is 0.826 bits per heavy atom. The van der Waals surface area contributed by atoms with E-state index in [1.807, 2.05) is 35.0 Å². The number of nitrogens with one attached hydrogen (secondary N) is 2. The molecule has 1 heterocycles. The number of rotatable bonds is 2. The van der Waals surface area contributed by atoms with E-state index in [2.05, 4.69) is 76.7 Å². The van der Waals surface area contributed by atoms with Gasteiger partial charge in [0.25, 0.3) is 0 Å². The number of aryl methyl sites for hydroxylation is 1. The van der Waals surface area contributed by atoms with Gasteiger partial charge in [-0.05, 0) is 57.4 Å². The zero-order valence-corrected chi connectivity index (χ0v) is 15.1. The highest BCUT2D eigenvalue weighted by molar-refractivity contribution is 5.83. The van der Waals surface area contributed by atoms with E-state index in [1.54, 1.807) is 0 Å². The number of hydrogen-bond acceptors (Lipinski definition) is 2. The van der Waals surface area contributed by atoms with E-state index < -0.39 is 0 Å². The SMILES string of the molecule is CC.CNC.CNc1ccc(-n2c(C)cc3ccccc32)cc1. The van der Waals surface area contributed by atoms with E-state index in [0.29, 0.717) is 0 Å². The quantitative estimate of drug-likeness (QED) is 0.709. The standard InChI is InChI=1S/C16H16N2.C2H7N.C2H6/c1-12-11-13-5-3-4-6-16(13)18(12)15-9-7-14(17-2)8-10-15;1-3-2;1-2/h3-11,17H,1-2H3;3H,1-2H3;1-2H3. The Kier molecular flexibility index (Phi) is 7.92. The molecule has 3 rings (SSSR count). The van der Waals surface area contributed by atoms with Crippen LogP contribution in [-0.2, 0) is 0 Å². The normalized spacial score (nSPS) is 9.48. The van der Waals surface area contributed by atoms with Crippen molar-refractivity contribution in [2.75, 3.05) is 26.5 Å². The van der Waals surface area contributed by atoms with Gasteiger partial charge in [0.1, 0.15) is 0 Å². The van der Waals surface area contributed by atoms with Gasteiger partial charge in [0.05, 0.1) is 5.52 Å². The van der Waals surface area contributed by atoms with Crippen LogP contribution in [0.15, 0.2) is 54.6 Å². The van der Waals surface area contributed by atoms with Crippen molar-refractivity contribution in [3.8, 4) is 5.69 Å². The van der Waals surface area contributed by atoms with E-state index >= 15 is 0 Å². The number of fused-ring (bicyclic) bond motifs is 1. The predicted octanol–water partition coefficient (Wildman–Crippen LogP) is 4.84. The summed E-state index contributed by atoms with van der Waals surface area (Å²) in [4.78, 5) is 0. The number of benzene rings is 2. The van der Waals surface area contributed by atoms with Crippen LogP contribution in [0.4, 0.5) is 5.69 Å². The Balaban J connectivity index is 0.000000477. The third-order valence-electron chi connectivity index (χ3n) is 3.31. The van der Waals surface area contributed by atoms with Gasteiger partial charge >= 0.3 is 0 Å². The Labute approximate surface area is 140 Å². The van der Waals surface area contributed by atoms with Gasteiger partial charge in [0, 0.05) is 29.5 Å². The van der Waals surface area contributed by atoms with Crippen molar-refractivity contribution in [3.05, 3.63) is 60.3 Å². The molecule has 3 nitrogen and oxygen atoms in total. The van der Waals surface area contributed by atoms with E-state index in [9.17, 15) is 0 Å². The maximum Gasteiger partial charge on any atom is 0.0531 e. The fourth-order valence-corrected chi connectivity index (χ4v) is 2.41. The molecule has 1 aromatic heterocycles. The summed E-state index contributed by atoms with van der Waals surface area (Å²) in [5.41, 5.74) is 4.85. The topological polar surface area (TPSA) is 29.0 Å². The molecule has 0 atom stereocenters. The van der Waals surface area contributed by atoms with Crippen molar-refractivity contribution in [1.29, 1.82) is 0 Å². The Hall–Kier alpha value is -2.26. The summed E-state index contributed by atoms with van der Waals surface area (Å²) in [6.45, 7) is 6.14. The van der Waals surface area contributed by atoms with Gasteiger partial charge in [-0.2, -0.15) is 0 Å². The largest absolute Gasteiger partial charge is 0.388 e. The molecule has 0 amide bonds. The average Bonchev–Trinajstić information content (AvgIpc) is 2.93. The number of para-hydroxylation sites is 1. The van der Waals surface area contributed by atoms with Gasteiger partial charge in [0.2, 0.25) is 0 Å². The summed E-state index contributed by atoms with van der Waals surface area (Å²) in [6.07, 6.45) is 0. The highest BCUT2D eigenvalue weighted by atomic mass is 15.0. The van der Waals surface area contributed by atoms with Crippen LogP contribution in [0.1, 0.15) is 19.5 Å². The zero-order chi connectivity index (χ0) is 17.2. The highest BCUT2D eigenvalue weighted by Gasteiger charge is 2.06. The van der Waals surface area contributed by atoms with Crippen LogP contribution in [0.3, 0.4) is 0 Å². The summed E-state index contributed by atoms with van der Waals surface area (Å²) < 4.78 is 2.29. The van der Waals surface area contributed by atoms with Gasteiger partial charge < -0.3 is 15.2 Å². The zero-order valence-electron chi connectivity index (χ0n) is 15.1. The molecule has 0 aliphatic carbocycles. The smallest absolute Gasteiger partial charge is 0.0531 e. The third-order valence-corrected chi connectivity index (χ3v) is 3.31. The second-order valence-electron chi connectivity index (χ2n) is 4.98. The fourth-order valence-electron chi connectivity index (χ4n) is 2.41. The number of anilines is 1. The van der Waals surface area contributed by atoms with Crippen LogP contribution in [0.5, 0.6) is 0 Å². The van der Waals surface area contributed by atoms with E-state index in [4.69, 9.17) is 0 Å². The molecule has 3 aromatic rings. The van der Waals surface area contributed by atoms with Crippen molar-refractivity contribution >= 4 is 16.6 Å². The van der Waals surface area contributed by atoms with Gasteiger partial charge in [-0.1, -0.05) is 32.0 Å². The molecule has 124 valence electrons. The minimum absolute atomic E-state index is 1.13. The van der Waals surface area contributed by atoms with Crippen LogP contribution in [0, 0.1) is 6.92 Å². The lowest BCUT2D eigenvalue weighted by molar-refractivity contribution is 1.02. The predicted molar refractivity (Wildman–Crippen MR) is 104 cm³/mol. The number of aromatic nitrogens is 1. The maximum atomic E-state index is 3.14. The summed E-state index contributed by atoms with van der Waals surface area (Å²) in [5, 5.41) is 7.18. The van der Waals surface area contributed by atoms with E-state index in [0.717, 1.165) is 5.69 Å². The van der Waals surface area contributed by atoms with Crippen LogP contribution >= 0.6 is 0 Å². The highest BCUT2D eigenvalue weighted by Crippen LogP contribution is 2.24. The third kappa shape index (κ3) is 4.60. The van der Waals surface area contributed by atoms with Crippen LogP contribution in [-0.4, -0.2) is 25.7 Å². The maximum absolute atomic E-state index is 3.14. The van der Waals surface area contributed by atoms with Crippen LogP contribution in [0.2, 0.25) is 0 Å². The first kappa shape index (κ1) is 18.8. The van der Waals surface area contributed by atoms with Crippen LogP contribution in [0.25, 0.3) is 16.6 Å². The lowest BCUT2D eigenvalue weighted by Gasteiger charge is -2.09. The molecule has 2 N–H and O–H groups in total. The first-order valence-electron chi connectivity index (χ1n) is 8.15. The molecular formula is C20H29N3. The molecule has 0 fully saturated rings. The van der Waals surface area contributed by atoms with Crippen molar-refractivity contribution in [2.45, 2.75) is 20.8 Å². The lowest BCUT2D eigenvalue weighted by atomic mass is 10.2. The molecule has 3 heteroatoms. The van der Waals surface area contributed by atoms with Gasteiger partial charge in [-0.25, -0.2) is 0 Å². The minimum atomic E-state index is 1.13. The fraction of sp³-hybridized carbons (Fsp3) is 0.300. The van der Waals surface area contributed by atoms with Crippen molar-refractivity contribution in [2.24, 2.45) is 0 Å². The van der Waals surface area contributed by atoms with Crippen LogP contribution < -0.4 is 10.6 Å².